The topological polar surface area (TPSA) is 57.4 Å². The first-order chi connectivity index (χ1) is 12.5. The molecule has 0 fully saturated rings. The zero-order valence-electron chi connectivity index (χ0n) is 15.0. The highest BCUT2D eigenvalue weighted by Crippen LogP contribution is 2.27. The Morgan fingerprint density at radius 3 is 2.81 bits per heavy atom. The van der Waals surface area contributed by atoms with Gasteiger partial charge in [-0.15, -0.1) is 0 Å². The second-order valence-electron chi connectivity index (χ2n) is 6.42. The fourth-order valence-corrected chi connectivity index (χ4v) is 2.95. The average molecular weight is 371 g/mol. The first-order valence-electron chi connectivity index (χ1n) is 8.74. The second kappa shape index (κ2) is 8.28. The van der Waals surface area contributed by atoms with E-state index in [0.717, 1.165) is 40.8 Å². The summed E-state index contributed by atoms with van der Waals surface area (Å²) in [5, 5.41) is 1.65. The third kappa shape index (κ3) is 4.58. The molecule has 1 heterocycles. The van der Waals surface area contributed by atoms with E-state index < -0.39 is 0 Å². The van der Waals surface area contributed by atoms with Gasteiger partial charge in [-0.3, -0.25) is 0 Å². The molecule has 4 nitrogen and oxygen atoms in total. The summed E-state index contributed by atoms with van der Waals surface area (Å²) in [7, 11) is 0. The molecule has 0 bridgehead atoms. The molecule has 5 heteroatoms. The molecule has 0 radical (unpaired) electrons. The summed E-state index contributed by atoms with van der Waals surface area (Å²) < 4.78 is 11.9. The molecule has 0 aliphatic carbocycles. The second-order valence-corrected chi connectivity index (χ2v) is 6.82. The molecule has 3 rings (SSSR count). The van der Waals surface area contributed by atoms with Crippen LogP contribution in [0.25, 0.3) is 10.9 Å². The quantitative estimate of drug-likeness (QED) is 0.565. The lowest BCUT2D eigenvalue weighted by Gasteiger charge is -2.16. The van der Waals surface area contributed by atoms with Crippen LogP contribution in [0, 0.1) is 6.92 Å². The number of para-hydroxylation sites is 1. The van der Waals surface area contributed by atoms with Crippen molar-refractivity contribution in [2.24, 2.45) is 0 Å². The Labute approximate surface area is 158 Å². The molecular weight excluding hydrogens is 348 g/mol. The van der Waals surface area contributed by atoms with Gasteiger partial charge in [0.15, 0.2) is 0 Å². The lowest BCUT2D eigenvalue weighted by molar-refractivity contribution is 0.195. The van der Waals surface area contributed by atoms with Crippen molar-refractivity contribution in [1.29, 1.82) is 0 Å². The Balaban J connectivity index is 1.54. The molecular formula is C21H23ClN2O2. The highest BCUT2D eigenvalue weighted by molar-refractivity contribution is 6.32. The summed E-state index contributed by atoms with van der Waals surface area (Å²) in [5.41, 5.74) is 7.73. The van der Waals surface area contributed by atoms with Gasteiger partial charge >= 0.3 is 0 Å². The molecule has 0 saturated heterocycles. The predicted molar refractivity (Wildman–Crippen MR) is 107 cm³/mol. The summed E-state index contributed by atoms with van der Waals surface area (Å²) in [5.74, 6) is 1.98. The summed E-state index contributed by atoms with van der Waals surface area (Å²) in [6, 6.07) is 15.4. The molecule has 0 amide bonds. The normalized spacial score (nSPS) is 12.1. The van der Waals surface area contributed by atoms with Crippen LogP contribution >= 0.6 is 11.6 Å². The number of anilines is 1. The van der Waals surface area contributed by atoms with Crippen molar-refractivity contribution in [2.75, 3.05) is 12.3 Å². The Kier molecular flexibility index (Phi) is 5.84. The molecule has 0 saturated carbocycles. The fourth-order valence-electron chi connectivity index (χ4n) is 2.78. The van der Waals surface area contributed by atoms with Gasteiger partial charge in [-0.2, -0.15) is 0 Å². The number of pyridine rings is 1. The van der Waals surface area contributed by atoms with E-state index in [1.165, 1.54) is 0 Å². The number of hydrogen-bond acceptors (Lipinski definition) is 4. The number of aryl methyl sites for hydroxylation is 1. The molecule has 3 aromatic rings. The van der Waals surface area contributed by atoms with E-state index in [0.29, 0.717) is 17.4 Å². The number of halogens is 1. The minimum Gasteiger partial charge on any atom is -0.492 e. The summed E-state index contributed by atoms with van der Waals surface area (Å²) in [6.07, 6.45) is 1.77. The van der Waals surface area contributed by atoms with E-state index >= 15 is 0 Å². The first kappa shape index (κ1) is 18.3. The van der Waals surface area contributed by atoms with E-state index in [2.05, 4.69) is 4.98 Å². The van der Waals surface area contributed by atoms with E-state index in [4.69, 9.17) is 26.8 Å². The Bertz CT molecular complexity index is 898. The van der Waals surface area contributed by atoms with Crippen molar-refractivity contribution >= 4 is 28.3 Å². The van der Waals surface area contributed by atoms with Crippen LogP contribution in [-0.4, -0.2) is 17.7 Å². The van der Waals surface area contributed by atoms with Crippen molar-refractivity contribution in [3.8, 4) is 11.5 Å². The van der Waals surface area contributed by atoms with Gasteiger partial charge in [0.25, 0.3) is 0 Å². The highest BCUT2D eigenvalue weighted by Gasteiger charge is 2.09. The molecule has 2 N–H and O–H groups in total. The molecule has 136 valence electrons. The molecule has 1 aromatic heterocycles. The maximum Gasteiger partial charge on any atom is 0.146 e. The Hall–Kier alpha value is -2.46. The number of ether oxygens (including phenoxy) is 2. The minimum atomic E-state index is 0.0420. The summed E-state index contributed by atoms with van der Waals surface area (Å²) in [4.78, 5) is 4.40. The number of nitrogens with two attached hydrogens (primary N) is 1. The van der Waals surface area contributed by atoms with Gasteiger partial charge in [0.05, 0.1) is 17.7 Å². The van der Waals surface area contributed by atoms with E-state index in [1.807, 2.05) is 56.3 Å². The standard InChI is InChI=1S/C21H23ClN2O2/c1-14-8-10-17(22)19(13-14)25-12-4-5-15(2)26-18-7-3-6-16-9-11-20(23)24-21(16)18/h3,6-11,13,15H,4-5,12H2,1-2H3,(H2,23,24). The van der Waals surface area contributed by atoms with Crippen LogP contribution in [0.4, 0.5) is 5.82 Å². The van der Waals surface area contributed by atoms with Crippen LogP contribution in [0.1, 0.15) is 25.3 Å². The monoisotopic (exact) mass is 370 g/mol. The van der Waals surface area contributed by atoms with Crippen LogP contribution in [0.2, 0.25) is 5.02 Å². The van der Waals surface area contributed by atoms with Gasteiger partial charge in [-0.1, -0.05) is 29.8 Å². The van der Waals surface area contributed by atoms with Crippen LogP contribution in [-0.2, 0) is 0 Å². The smallest absolute Gasteiger partial charge is 0.146 e. The number of hydrogen-bond donors (Lipinski definition) is 1. The third-order valence-corrected chi connectivity index (χ3v) is 4.44. The molecule has 1 atom stereocenters. The fraction of sp³-hybridized carbons (Fsp3) is 0.286. The SMILES string of the molecule is Cc1ccc(Cl)c(OCCCC(C)Oc2cccc3ccc(N)nc23)c1. The third-order valence-electron chi connectivity index (χ3n) is 4.13. The number of nitrogens with zero attached hydrogens (tertiary/aromatic N) is 1. The van der Waals surface area contributed by atoms with Crippen molar-refractivity contribution < 1.29 is 9.47 Å². The maximum atomic E-state index is 6.15. The number of aromatic nitrogens is 1. The van der Waals surface area contributed by atoms with Crippen molar-refractivity contribution in [1.82, 2.24) is 4.98 Å². The molecule has 0 aliphatic rings. The first-order valence-corrected chi connectivity index (χ1v) is 9.11. The van der Waals surface area contributed by atoms with Crippen molar-refractivity contribution in [2.45, 2.75) is 32.8 Å². The molecule has 1 unspecified atom stereocenters. The van der Waals surface area contributed by atoms with Gasteiger partial charge in [-0.25, -0.2) is 4.98 Å². The van der Waals surface area contributed by atoms with Crippen LogP contribution in [0.3, 0.4) is 0 Å². The number of fused-ring (bicyclic) bond motifs is 1. The minimum absolute atomic E-state index is 0.0420. The van der Waals surface area contributed by atoms with E-state index in [-0.39, 0.29) is 6.10 Å². The Morgan fingerprint density at radius 1 is 1.12 bits per heavy atom. The lowest BCUT2D eigenvalue weighted by Crippen LogP contribution is -2.14. The largest absolute Gasteiger partial charge is 0.492 e. The zero-order chi connectivity index (χ0) is 18.5. The Morgan fingerprint density at radius 2 is 1.96 bits per heavy atom. The molecule has 2 aromatic carbocycles. The number of nitrogen functional groups attached to an aromatic ring is 1. The lowest BCUT2D eigenvalue weighted by atomic mass is 10.2. The van der Waals surface area contributed by atoms with E-state index in [1.54, 1.807) is 6.07 Å². The summed E-state index contributed by atoms with van der Waals surface area (Å²) >= 11 is 6.15. The molecule has 26 heavy (non-hydrogen) atoms. The molecule has 0 aliphatic heterocycles. The van der Waals surface area contributed by atoms with Crippen LogP contribution in [0.5, 0.6) is 11.5 Å². The average Bonchev–Trinajstić information content (AvgIpc) is 2.62. The van der Waals surface area contributed by atoms with Crippen LogP contribution < -0.4 is 15.2 Å². The maximum absolute atomic E-state index is 6.15. The van der Waals surface area contributed by atoms with Gasteiger partial charge < -0.3 is 15.2 Å². The van der Waals surface area contributed by atoms with Gasteiger partial charge in [0.1, 0.15) is 22.8 Å². The van der Waals surface area contributed by atoms with Gasteiger partial charge in [0.2, 0.25) is 0 Å². The van der Waals surface area contributed by atoms with Crippen molar-refractivity contribution in [3.05, 3.63) is 59.1 Å². The highest BCUT2D eigenvalue weighted by atomic mass is 35.5. The predicted octanol–water partition coefficient (Wildman–Crippen LogP) is 5.41. The molecule has 0 spiro atoms. The number of rotatable bonds is 7. The van der Waals surface area contributed by atoms with E-state index in [9.17, 15) is 0 Å². The summed E-state index contributed by atoms with van der Waals surface area (Å²) in [6.45, 7) is 4.66. The van der Waals surface area contributed by atoms with Gasteiger partial charge in [-0.05, 0) is 62.6 Å². The number of benzene rings is 2. The van der Waals surface area contributed by atoms with Gasteiger partial charge in [0, 0.05) is 5.39 Å². The van der Waals surface area contributed by atoms with Crippen molar-refractivity contribution in [3.63, 3.8) is 0 Å². The van der Waals surface area contributed by atoms with Crippen LogP contribution in [0.15, 0.2) is 48.5 Å². The zero-order valence-corrected chi connectivity index (χ0v) is 15.8.